The van der Waals surface area contributed by atoms with E-state index in [1.165, 1.54) is 19.3 Å². The van der Waals surface area contributed by atoms with Crippen LogP contribution < -0.4 is 0 Å². The highest BCUT2D eigenvalue weighted by molar-refractivity contribution is 5.77. The van der Waals surface area contributed by atoms with Crippen molar-refractivity contribution in [3.63, 3.8) is 0 Å². The fourth-order valence-corrected chi connectivity index (χ4v) is 3.64. The number of carbonyl (C=O) groups is 1. The summed E-state index contributed by atoms with van der Waals surface area (Å²) in [7, 11) is 0. The molecule has 0 saturated carbocycles. The molecular weight excluding hydrogens is 276 g/mol. The zero-order chi connectivity index (χ0) is 15.7. The van der Waals surface area contributed by atoms with Crippen molar-refractivity contribution in [2.24, 2.45) is 5.41 Å². The van der Waals surface area contributed by atoms with Crippen LogP contribution in [0.5, 0.6) is 0 Å². The van der Waals surface area contributed by atoms with Gasteiger partial charge in [-0.1, -0.05) is 27.2 Å². The molecule has 1 aromatic heterocycles. The Bertz CT molecular complexity index is 543. The lowest BCUT2D eigenvalue weighted by atomic mass is 9.91. The maximum atomic E-state index is 12.7. The summed E-state index contributed by atoms with van der Waals surface area (Å²) in [5.74, 6) is 2.40. The summed E-state index contributed by atoms with van der Waals surface area (Å²) < 4.78 is 2.29. The van der Waals surface area contributed by atoms with Crippen LogP contribution in [-0.4, -0.2) is 32.1 Å². The summed E-state index contributed by atoms with van der Waals surface area (Å²) in [5.41, 5.74) is 0.0337. The van der Waals surface area contributed by atoms with Crippen molar-refractivity contribution in [1.82, 2.24) is 19.7 Å². The number of aryl methyl sites for hydroxylation is 1. The van der Waals surface area contributed by atoms with E-state index in [-0.39, 0.29) is 17.4 Å². The van der Waals surface area contributed by atoms with Gasteiger partial charge in [0.15, 0.2) is 5.82 Å². The molecule has 2 aliphatic heterocycles. The summed E-state index contributed by atoms with van der Waals surface area (Å²) in [4.78, 5) is 14.7. The normalized spacial score (nSPS) is 22.5. The number of amides is 1. The van der Waals surface area contributed by atoms with E-state index in [1.54, 1.807) is 0 Å². The molecule has 0 bridgehead atoms. The van der Waals surface area contributed by atoms with E-state index in [1.807, 2.05) is 4.90 Å². The van der Waals surface area contributed by atoms with E-state index < -0.39 is 0 Å². The van der Waals surface area contributed by atoms with Crippen molar-refractivity contribution in [3.05, 3.63) is 11.6 Å². The van der Waals surface area contributed by atoms with Crippen LogP contribution in [0.15, 0.2) is 0 Å². The third kappa shape index (κ3) is 3.18. The average molecular weight is 304 g/mol. The summed E-state index contributed by atoms with van der Waals surface area (Å²) >= 11 is 0. The highest BCUT2D eigenvalue weighted by Crippen LogP contribution is 2.34. The van der Waals surface area contributed by atoms with Gasteiger partial charge >= 0.3 is 0 Å². The maximum Gasteiger partial charge on any atom is 0.223 e. The zero-order valence-corrected chi connectivity index (χ0v) is 14.1. The average Bonchev–Trinajstić information content (AvgIpc) is 2.98. The fourth-order valence-electron chi connectivity index (χ4n) is 3.64. The van der Waals surface area contributed by atoms with Crippen LogP contribution in [0, 0.1) is 5.41 Å². The number of hydrogen-bond donors (Lipinski definition) is 0. The second-order valence-electron chi connectivity index (χ2n) is 7.92. The lowest BCUT2D eigenvalue weighted by Gasteiger charge is -2.28. The van der Waals surface area contributed by atoms with E-state index in [4.69, 9.17) is 0 Å². The topological polar surface area (TPSA) is 51.0 Å². The first-order valence-corrected chi connectivity index (χ1v) is 8.67. The Hall–Kier alpha value is -1.39. The Labute approximate surface area is 133 Å². The molecule has 1 saturated heterocycles. The molecule has 0 radical (unpaired) electrons. The lowest BCUT2D eigenvalue weighted by molar-refractivity contribution is -0.134. The molecule has 5 heteroatoms. The van der Waals surface area contributed by atoms with Gasteiger partial charge in [-0.25, -0.2) is 0 Å². The van der Waals surface area contributed by atoms with Gasteiger partial charge in [0, 0.05) is 25.9 Å². The molecule has 0 spiro atoms. The molecule has 122 valence electrons. The minimum atomic E-state index is 0.0337. The molecule has 1 aromatic rings. The Morgan fingerprint density at radius 1 is 1.14 bits per heavy atom. The van der Waals surface area contributed by atoms with Gasteiger partial charge in [-0.05, 0) is 31.1 Å². The van der Waals surface area contributed by atoms with Crippen molar-refractivity contribution in [2.75, 3.05) is 6.54 Å². The van der Waals surface area contributed by atoms with Crippen molar-refractivity contribution in [1.29, 1.82) is 0 Å². The highest BCUT2D eigenvalue weighted by Gasteiger charge is 2.35. The van der Waals surface area contributed by atoms with Crippen LogP contribution in [0.25, 0.3) is 0 Å². The van der Waals surface area contributed by atoms with Crippen molar-refractivity contribution in [2.45, 2.75) is 78.3 Å². The second kappa shape index (κ2) is 6.01. The lowest BCUT2D eigenvalue weighted by Crippen LogP contribution is -2.34. The Morgan fingerprint density at radius 3 is 2.73 bits per heavy atom. The second-order valence-corrected chi connectivity index (χ2v) is 7.92. The number of likely N-dealkylation sites (tertiary alicyclic amines) is 1. The molecule has 2 aliphatic rings. The predicted molar refractivity (Wildman–Crippen MR) is 85.3 cm³/mol. The third-order valence-corrected chi connectivity index (χ3v) is 4.69. The van der Waals surface area contributed by atoms with E-state index in [0.29, 0.717) is 6.42 Å². The van der Waals surface area contributed by atoms with Crippen molar-refractivity contribution >= 4 is 5.91 Å². The molecule has 1 unspecified atom stereocenters. The molecule has 0 aliphatic carbocycles. The zero-order valence-electron chi connectivity index (χ0n) is 14.1. The number of carbonyl (C=O) groups excluding carboxylic acids is 1. The van der Waals surface area contributed by atoms with Gasteiger partial charge in [0.2, 0.25) is 5.91 Å². The van der Waals surface area contributed by atoms with Crippen LogP contribution in [0.2, 0.25) is 0 Å². The quantitative estimate of drug-likeness (QED) is 0.843. The summed E-state index contributed by atoms with van der Waals surface area (Å²) in [6, 6.07) is 0.134. The van der Waals surface area contributed by atoms with E-state index in [0.717, 1.165) is 44.0 Å². The van der Waals surface area contributed by atoms with Crippen molar-refractivity contribution < 1.29 is 4.79 Å². The molecule has 1 fully saturated rings. The highest BCUT2D eigenvalue weighted by atomic mass is 16.2. The predicted octanol–water partition coefficient (Wildman–Crippen LogP) is 3.10. The third-order valence-electron chi connectivity index (χ3n) is 4.69. The number of nitrogens with zero attached hydrogens (tertiary/aromatic N) is 4. The van der Waals surface area contributed by atoms with Crippen LogP contribution in [0.3, 0.4) is 0 Å². The van der Waals surface area contributed by atoms with Crippen LogP contribution in [0.4, 0.5) is 0 Å². The smallest absolute Gasteiger partial charge is 0.223 e. The van der Waals surface area contributed by atoms with E-state index in [2.05, 4.69) is 35.5 Å². The molecule has 3 rings (SSSR count). The molecular formula is C17H28N4O. The van der Waals surface area contributed by atoms with Crippen molar-refractivity contribution in [3.8, 4) is 0 Å². The molecule has 1 atom stereocenters. The van der Waals surface area contributed by atoms with Gasteiger partial charge in [0.05, 0.1) is 6.04 Å². The molecule has 22 heavy (non-hydrogen) atoms. The van der Waals surface area contributed by atoms with Gasteiger partial charge < -0.3 is 9.47 Å². The fraction of sp³-hybridized carbons (Fsp3) is 0.824. The minimum Gasteiger partial charge on any atom is -0.332 e. The minimum absolute atomic E-state index is 0.0337. The van der Waals surface area contributed by atoms with Gasteiger partial charge in [0.1, 0.15) is 5.82 Å². The largest absolute Gasteiger partial charge is 0.332 e. The first kappa shape index (κ1) is 15.5. The Balaban J connectivity index is 1.82. The van der Waals surface area contributed by atoms with Crippen LogP contribution in [0.1, 0.15) is 77.0 Å². The molecule has 3 heterocycles. The number of rotatable bonds is 2. The number of hydrogen-bond acceptors (Lipinski definition) is 3. The van der Waals surface area contributed by atoms with Gasteiger partial charge in [-0.2, -0.15) is 0 Å². The maximum absolute atomic E-state index is 12.7. The Morgan fingerprint density at radius 2 is 1.95 bits per heavy atom. The monoisotopic (exact) mass is 304 g/mol. The van der Waals surface area contributed by atoms with Gasteiger partial charge in [0.25, 0.3) is 0 Å². The Kier molecular flexibility index (Phi) is 4.24. The van der Waals surface area contributed by atoms with E-state index >= 15 is 0 Å². The van der Waals surface area contributed by atoms with Crippen LogP contribution >= 0.6 is 0 Å². The molecule has 1 amide bonds. The SMILES string of the molecule is CC(C)(C)CC(=O)N1CCCC1c1nnc2n1CCCCC2. The summed E-state index contributed by atoms with van der Waals surface area (Å²) in [6.07, 6.45) is 7.38. The van der Waals surface area contributed by atoms with Gasteiger partial charge in [-0.3, -0.25) is 4.79 Å². The summed E-state index contributed by atoms with van der Waals surface area (Å²) in [5, 5.41) is 8.87. The first-order valence-electron chi connectivity index (χ1n) is 8.67. The van der Waals surface area contributed by atoms with Gasteiger partial charge in [-0.15, -0.1) is 10.2 Å². The summed E-state index contributed by atoms with van der Waals surface area (Å²) in [6.45, 7) is 8.24. The number of aromatic nitrogens is 3. The number of fused-ring (bicyclic) bond motifs is 1. The van der Waals surface area contributed by atoms with E-state index in [9.17, 15) is 4.79 Å². The first-order chi connectivity index (χ1) is 10.5. The standard InChI is InChI=1S/C17H28N4O/c1-17(2,3)12-15(22)20-11-7-8-13(20)16-19-18-14-9-5-4-6-10-21(14)16/h13H,4-12H2,1-3H3. The molecule has 5 nitrogen and oxygen atoms in total. The van der Waals surface area contributed by atoms with Crippen LogP contribution in [-0.2, 0) is 17.8 Å². The molecule has 0 N–H and O–H groups in total. The molecule has 0 aromatic carbocycles.